The van der Waals surface area contributed by atoms with E-state index < -0.39 is 6.10 Å². The van der Waals surface area contributed by atoms with Gasteiger partial charge in [0, 0.05) is 19.3 Å². The third-order valence-corrected chi connectivity index (χ3v) is 11.1. The van der Waals surface area contributed by atoms with E-state index in [9.17, 15) is 14.4 Å². The monoisotopic (exact) mass is 903 g/mol. The van der Waals surface area contributed by atoms with E-state index in [-0.39, 0.29) is 31.1 Å². The minimum Gasteiger partial charge on any atom is -0.462 e. The van der Waals surface area contributed by atoms with Crippen molar-refractivity contribution in [2.45, 2.75) is 245 Å². The van der Waals surface area contributed by atoms with E-state index in [1.807, 2.05) is 0 Å². The molecule has 0 saturated heterocycles. The van der Waals surface area contributed by atoms with E-state index in [1.54, 1.807) is 0 Å². The van der Waals surface area contributed by atoms with Crippen LogP contribution in [0, 0.1) is 0 Å². The molecule has 0 saturated carbocycles. The lowest BCUT2D eigenvalue weighted by molar-refractivity contribution is -0.167. The number of allylic oxidation sites excluding steroid dienone is 16. The second-order valence-corrected chi connectivity index (χ2v) is 17.4. The van der Waals surface area contributed by atoms with Gasteiger partial charge in [-0.1, -0.05) is 234 Å². The van der Waals surface area contributed by atoms with Crippen molar-refractivity contribution in [3.05, 3.63) is 97.2 Å². The van der Waals surface area contributed by atoms with Crippen molar-refractivity contribution in [2.75, 3.05) is 13.2 Å². The van der Waals surface area contributed by atoms with Crippen molar-refractivity contribution in [1.29, 1.82) is 0 Å². The van der Waals surface area contributed by atoms with Crippen molar-refractivity contribution in [3.63, 3.8) is 0 Å². The number of hydrogen-bond acceptors (Lipinski definition) is 6. The zero-order valence-electron chi connectivity index (χ0n) is 42.2. The predicted molar refractivity (Wildman–Crippen MR) is 279 cm³/mol. The maximum Gasteiger partial charge on any atom is 0.306 e. The average Bonchev–Trinajstić information content (AvgIpc) is 3.30. The molecule has 0 heterocycles. The molecule has 6 nitrogen and oxygen atoms in total. The number of carbonyl (C=O) groups is 3. The maximum atomic E-state index is 12.6. The Balaban J connectivity index is 4.01. The summed E-state index contributed by atoms with van der Waals surface area (Å²) in [6.45, 7) is 6.41. The molecule has 0 aliphatic rings. The van der Waals surface area contributed by atoms with Gasteiger partial charge in [0.1, 0.15) is 13.2 Å². The lowest BCUT2D eigenvalue weighted by atomic mass is 10.1. The molecular formula is C59H98O6. The first-order valence-electron chi connectivity index (χ1n) is 26.7. The Hall–Kier alpha value is -3.67. The fraction of sp³-hybridized carbons (Fsp3) is 0.678. The first-order valence-corrected chi connectivity index (χ1v) is 26.7. The van der Waals surface area contributed by atoms with Crippen molar-refractivity contribution in [2.24, 2.45) is 0 Å². The van der Waals surface area contributed by atoms with Crippen LogP contribution in [0.1, 0.15) is 239 Å². The fourth-order valence-corrected chi connectivity index (χ4v) is 7.10. The molecule has 0 bridgehead atoms. The van der Waals surface area contributed by atoms with E-state index in [2.05, 4.69) is 118 Å². The minimum atomic E-state index is -0.772. The van der Waals surface area contributed by atoms with Crippen molar-refractivity contribution in [1.82, 2.24) is 0 Å². The molecule has 0 aliphatic heterocycles. The second kappa shape index (κ2) is 52.9. The average molecular weight is 903 g/mol. The highest BCUT2D eigenvalue weighted by Gasteiger charge is 2.19. The maximum absolute atomic E-state index is 12.6. The minimum absolute atomic E-state index is 0.0783. The molecule has 0 aliphatic carbocycles. The molecule has 0 rings (SSSR count). The Morgan fingerprint density at radius 1 is 0.323 bits per heavy atom. The van der Waals surface area contributed by atoms with Gasteiger partial charge in [0.05, 0.1) is 0 Å². The molecular weight excluding hydrogens is 805 g/mol. The van der Waals surface area contributed by atoms with Crippen LogP contribution in [0.2, 0.25) is 0 Å². The first kappa shape index (κ1) is 61.3. The van der Waals surface area contributed by atoms with Gasteiger partial charge in [-0.05, 0) is 83.5 Å². The van der Waals surface area contributed by atoms with Gasteiger partial charge in [0.2, 0.25) is 0 Å². The zero-order valence-corrected chi connectivity index (χ0v) is 42.2. The number of unbranched alkanes of at least 4 members (excludes halogenated alkanes) is 20. The summed E-state index contributed by atoms with van der Waals surface area (Å²) < 4.78 is 16.6. The summed E-state index contributed by atoms with van der Waals surface area (Å²) in [5.41, 5.74) is 0. The van der Waals surface area contributed by atoms with Crippen LogP contribution < -0.4 is 0 Å². The summed E-state index contributed by atoms with van der Waals surface area (Å²) in [4.78, 5) is 37.5. The first-order chi connectivity index (χ1) is 32.0. The number of rotatable bonds is 47. The molecule has 0 N–H and O–H groups in total. The van der Waals surface area contributed by atoms with Crippen LogP contribution in [0.4, 0.5) is 0 Å². The Morgan fingerprint density at radius 2 is 0.600 bits per heavy atom. The van der Waals surface area contributed by atoms with Gasteiger partial charge in [0.15, 0.2) is 6.10 Å². The Labute approximate surface area is 400 Å². The van der Waals surface area contributed by atoms with Gasteiger partial charge in [0.25, 0.3) is 0 Å². The molecule has 0 amide bonds. The molecule has 6 heteroatoms. The number of carbonyl (C=O) groups excluding carboxylic acids is 3. The second-order valence-electron chi connectivity index (χ2n) is 17.4. The summed E-state index contributed by atoms with van der Waals surface area (Å²) in [6, 6.07) is 0. The highest BCUT2D eigenvalue weighted by Crippen LogP contribution is 2.14. The summed E-state index contributed by atoms with van der Waals surface area (Å²) in [5.74, 6) is -0.905. The van der Waals surface area contributed by atoms with Crippen LogP contribution in [0.5, 0.6) is 0 Å². The summed E-state index contributed by atoms with van der Waals surface area (Å²) in [6.07, 6.45) is 70.2. The standard InChI is InChI=1S/C59H98O6/c1-4-7-10-13-16-18-19-20-21-22-23-24-25-26-27-28-29-30-31-32-33-34-35-36-37-38-39-40-41-42-44-46-49-52-58(61)64-55-56(54-63-57(60)51-48-45-15-12-9-6-3)65-59(62)53-50-47-43-17-14-11-8-5-2/h7,10,16,18,20-21,23-24,26-27,29-30,32-33,35-36,56H,4-6,8-9,11-15,17,19,22,25,28,31,34,37-55H2,1-3H3/b10-7-,18-16-,21-20-,24-23-,27-26-,30-29-,33-32-,36-35-. The Morgan fingerprint density at radius 3 is 0.938 bits per heavy atom. The molecule has 1 unspecified atom stereocenters. The molecule has 0 spiro atoms. The van der Waals surface area contributed by atoms with Crippen LogP contribution >= 0.6 is 0 Å². The molecule has 0 aromatic rings. The summed E-state index contributed by atoms with van der Waals surface area (Å²) in [7, 11) is 0. The van der Waals surface area contributed by atoms with E-state index >= 15 is 0 Å². The van der Waals surface area contributed by atoms with Gasteiger partial charge in [-0.15, -0.1) is 0 Å². The normalized spacial score (nSPS) is 12.8. The smallest absolute Gasteiger partial charge is 0.306 e. The van der Waals surface area contributed by atoms with Crippen LogP contribution in [-0.2, 0) is 28.6 Å². The quantitative estimate of drug-likeness (QED) is 0.0262. The van der Waals surface area contributed by atoms with Gasteiger partial charge in [-0.25, -0.2) is 0 Å². The topological polar surface area (TPSA) is 78.9 Å². The fourth-order valence-electron chi connectivity index (χ4n) is 7.10. The van der Waals surface area contributed by atoms with Gasteiger partial charge < -0.3 is 14.2 Å². The van der Waals surface area contributed by atoms with Crippen molar-refractivity contribution in [3.8, 4) is 0 Å². The summed E-state index contributed by atoms with van der Waals surface area (Å²) in [5, 5.41) is 0. The Kier molecular flexibility index (Phi) is 50.0. The highest BCUT2D eigenvalue weighted by atomic mass is 16.6. The third-order valence-electron chi connectivity index (χ3n) is 11.1. The van der Waals surface area contributed by atoms with Gasteiger partial charge >= 0.3 is 17.9 Å². The Bertz CT molecular complexity index is 1310. The lowest BCUT2D eigenvalue weighted by Crippen LogP contribution is -2.30. The number of esters is 3. The summed E-state index contributed by atoms with van der Waals surface area (Å²) >= 11 is 0. The molecule has 1 atom stereocenters. The molecule has 0 fully saturated rings. The molecule has 0 aromatic carbocycles. The predicted octanol–water partition coefficient (Wildman–Crippen LogP) is 17.8. The molecule has 65 heavy (non-hydrogen) atoms. The van der Waals surface area contributed by atoms with Crippen molar-refractivity contribution < 1.29 is 28.6 Å². The highest BCUT2D eigenvalue weighted by molar-refractivity contribution is 5.71. The van der Waals surface area contributed by atoms with E-state index in [1.165, 1.54) is 83.5 Å². The van der Waals surface area contributed by atoms with Gasteiger partial charge in [-0.2, -0.15) is 0 Å². The van der Waals surface area contributed by atoms with Crippen molar-refractivity contribution >= 4 is 17.9 Å². The number of hydrogen-bond donors (Lipinski definition) is 0. The molecule has 370 valence electrons. The van der Waals surface area contributed by atoms with E-state index in [0.29, 0.717) is 19.3 Å². The van der Waals surface area contributed by atoms with Crippen LogP contribution in [0.15, 0.2) is 97.2 Å². The van der Waals surface area contributed by atoms with Crippen LogP contribution in [0.25, 0.3) is 0 Å². The van der Waals surface area contributed by atoms with Crippen LogP contribution in [0.3, 0.4) is 0 Å². The van der Waals surface area contributed by atoms with E-state index in [0.717, 1.165) is 116 Å². The van der Waals surface area contributed by atoms with Crippen LogP contribution in [-0.4, -0.2) is 37.2 Å². The van der Waals surface area contributed by atoms with E-state index in [4.69, 9.17) is 14.2 Å². The SMILES string of the molecule is CC/C=C\C/C=C\C/C=C\C/C=C\C/C=C\C/C=C\C/C=C\C/C=C\CCCCCCCCCCC(=O)OCC(COC(=O)CCCCCCCC)OC(=O)CCCCCCCCCC. The molecule has 0 radical (unpaired) electrons. The largest absolute Gasteiger partial charge is 0.462 e. The van der Waals surface area contributed by atoms with Gasteiger partial charge in [-0.3, -0.25) is 14.4 Å². The third kappa shape index (κ3) is 51.2. The lowest BCUT2D eigenvalue weighted by Gasteiger charge is -2.18. The number of ether oxygens (including phenoxy) is 3. The molecule has 0 aromatic heterocycles. The zero-order chi connectivity index (χ0) is 47.2.